The molecule has 5 nitrogen and oxygen atoms in total. The average molecular weight is 313 g/mol. The molecule has 1 rings (SSSR count). The number of carbonyl (C=O) groups excluding carboxylic acids is 2. The highest BCUT2D eigenvalue weighted by atomic mass is 35.5. The first kappa shape index (κ1) is 17.5. The van der Waals surface area contributed by atoms with E-state index in [4.69, 9.17) is 16.3 Å². The molecule has 0 saturated carbocycles. The summed E-state index contributed by atoms with van der Waals surface area (Å²) in [7, 11) is 0. The van der Waals surface area contributed by atoms with Gasteiger partial charge in [0.2, 0.25) is 5.91 Å². The van der Waals surface area contributed by atoms with Gasteiger partial charge in [-0.15, -0.1) is 0 Å². The second kappa shape index (κ2) is 9.37. The van der Waals surface area contributed by atoms with Gasteiger partial charge in [-0.25, -0.2) is 0 Å². The van der Waals surface area contributed by atoms with E-state index in [1.54, 1.807) is 24.3 Å². The molecule has 0 unspecified atom stereocenters. The molecular weight excluding hydrogens is 292 g/mol. The summed E-state index contributed by atoms with van der Waals surface area (Å²) in [5, 5.41) is 5.61. The van der Waals surface area contributed by atoms with E-state index in [1.165, 1.54) is 0 Å². The van der Waals surface area contributed by atoms with Gasteiger partial charge in [-0.05, 0) is 32.4 Å². The highest BCUT2D eigenvalue weighted by Crippen LogP contribution is 2.14. The van der Waals surface area contributed by atoms with Gasteiger partial charge in [-0.2, -0.15) is 0 Å². The van der Waals surface area contributed by atoms with Crippen LogP contribution in [0, 0.1) is 0 Å². The van der Waals surface area contributed by atoms with Crippen molar-refractivity contribution in [3.05, 3.63) is 34.9 Å². The van der Waals surface area contributed by atoms with Crippen LogP contribution in [0.2, 0.25) is 5.02 Å². The molecule has 2 amide bonds. The molecule has 0 aliphatic rings. The SMILES string of the molecule is CC(C)OCCCNC(=O)CNC(=O)c1ccccc1Cl. The van der Waals surface area contributed by atoms with Gasteiger partial charge in [0, 0.05) is 13.2 Å². The summed E-state index contributed by atoms with van der Waals surface area (Å²) in [6.07, 6.45) is 0.929. The first-order valence-corrected chi connectivity index (χ1v) is 7.29. The zero-order valence-corrected chi connectivity index (χ0v) is 13.1. The molecular formula is C15H21ClN2O3. The minimum absolute atomic E-state index is 0.0743. The third-order valence-corrected chi connectivity index (χ3v) is 2.95. The molecule has 6 heteroatoms. The van der Waals surface area contributed by atoms with E-state index in [-0.39, 0.29) is 24.5 Å². The van der Waals surface area contributed by atoms with Crippen molar-refractivity contribution in [2.24, 2.45) is 0 Å². The van der Waals surface area contributed by atoms with Crippen molar-refractivity contribution in [2.75, 3.05) is 19.7 Å². The summed E-state index contributed by atoms with van der Waals surface area (Å²) in [6, 6.07) is 6.70. The molecule has 0 radical (unpaired) electrons. The van der Waals surface area contributed by atoms with E-state index in [0.717, 1.165) is 6.42 Å². The maximum atomic E-state index is 11.8. The minimum Gasteiger partial charge on any atom is -0.379 e. The Morgan fingerprint density at radius 3 is 2.62 bits per heavy atom. The predicted octanol–water partition coefficient (Wildman–Crippen LogP) is 2.00. The second-order valence-electron chi connectivity index (χ2n) is 4.79. The molecule has 116 valence electrons. The Morgan fingerprint density at radius 2 is 1.95 bits per heavy atom. The number of rotatable bonds is 8. The van der Waals surface area contributed by atoms with Crippen molar-refractivity contribution in [3.8, 4) is 0 Å². The Morgan fingerprint density at radius 1 is 1.24 bits per heavy atom. The first-order valence-electron chi connectivity index (χ1n) is 6.91. The lowest BCUT2D eigenvalue weighted by Gasteiger charge is -2.09. The van der Waals surface area contributed by atoms with Crippen LogP contribution in [-0.4, -0.2) is 37.6 Å². The largest absolute Gasteiger partial charge is 0.379 e. The van der Waals surface area contributed by atoms with Gasteiger partial charge in [-0.1, -0.05) is 23.7 Å². The fraction of sp³-hybridized carbons (Fsp3) is 0.467. The maximum Gasteiger partial charge on any atom is 0.253 e. The summed E-state index contributed by atoms with van der Waals surface area (Å²) in [5.74, 6) is -0.598. The Balaban J connectivity index is 2.21. The van der Waals surface area contributed by atoms with Crippen LogP contribution < -0.4 is 10.6 Å². The average Bonchev–Trinajstić information content (AvgIpc) is 2.44. The predicted molar refractivity (Wildman–Crippen MR) is 82.5 cm³/mol. The second-order valence-corrected chi connectivity index (χ2v) is 5.19. The zero-order valence-electron chi connectivity index (χ0n) is 12.3. The van der Waals surface area contributed by atoms with Gasteiger partial charge in [0.15, 0.2) is 0 Å². The first-order chi connectivity index (χ1) is 10.0. The molecule has 2 N–H and O–H groups in total. The highest BCUT2D eigenvalue weighted by molar-refractivity contribution is 6.33. The summed E-state index contributed by atoms with van der Waals surface area (Å²) in [5.41, 5.74) is 0.359. The van der Waals surface area contributed by atoms with Crippen molar-refractivity contribution in [2.45, 2.75) is 26.4 Å². The lowest BCUT2D eigenvalue weighted by molar-refractivity contribution is -0.120. The van der Waals surface area contributed by atoms with Crippen molar-refractivity contribution in [3.63, 3.8) is 0 Å². The Kier molecular flexibility index (Phi) is 7.79. The molecule has 0 aromatic heterocycles. The molecule has 1 aromatic carbocycles. The van der Waals surface area contributed by atoms with Gasteiger partial charge in [-0.3, -0.25) is 9.59 Å². The monoisotopic (exact) mass is 312 g/mol. The lowest BCUT2D eigenvalue weighted by Crippen LogP contribution is -2.37. The summed E-state index contributed by atoms with van der Waals surface area (Å²) in [4.78, 5) is 23.4. The van der Waals surface area contributed by atoms with Gasteiger partial charge in [0.25, 0.3) is 5.91 Å². The van der Waals surface area contributed by atoms with E-state index < -0.39 is 0 Å². The van der Waals surface area contributed by atoms with E-state index in [1.807, 2.05) is 13.8 Å². The van der Waals surface area contributed by atoms with Crippen LogP contribution in [0.15, 0.2) is 24.3 Å². The number of halogens is 1. The van der Waals surface area contributed by atoms with Crippen LogP contribution in [0.3, 0.4) is 0 Å². The maximum absolute atomic E-state index is 11.8. The molecule has 0 atom stereocenters. The van der Waals surface area contributed by atoms with Crippen LogP contribution in [0.1, 0.15) is 30.6 Å². The van der Waals surface area contributed by atoms with Crippen LogP contribution >= 0.6 is 11.6 Å². The summed E-state index contributed by atoms with van der Waals surface area (Å²) >= 11 is 5.90. The third kappa shape index (κ3) is 7.11. The van der Waals surface area contributed by atoms with E-state index >= 15 is 0 Å². The minimum atomic E-state index is -0.362. The van der Waals surface area contributed by atoms with E-state index in [9.17, 15) is 9.59 Å². The smallest absolute Gasteiger partial charge is 0.253 e. The van der Waals surface area contributed by atoms with Crippen LogP contribution in [0.25, 0.3) is 0 Å². The molecule has 0 heterocycles. The van der Waals surface area contributed by atoms with Gasteiger partial charge in [0.05, 0.1) is 23.2 Å². The van der Waals surface area contributed by atoms with E-state index in [0.29, 0.717) is 23.7 Å². The topological polar surface area (TPSA) is 67.4 Å². The molecule has 0 fully saturated rings. The molecule has 0 spiro atoms. The molecule has 0 bridgehead atoms. The summed E-state index contributed by atoms with van der Waals surface area (Å²) < 4.78 is 5.36. The summed E-state index contributed by atoms with van der Waals surface area (Å²) in [6.45, 7) is 4.97. The van der Waals surface area contributed by atoms with Crippen LogP contribution in [-0.2, 0) is 9.53 Å². The fourth-order valence-electron chi connectivity index (χ4n) is 1.58. The van der Waals surface area contributed by atoms with Gasteiger partial charge < -0.3 is 15.4 Å². The van der Waals surface area contributed by atoms with Crippen molar-refractivity contribution in [1.82, 2.24) is 10.6 Å². The van der Waals surface area contributed by atoms with Gasteiger partial charge >= 0.3 is 0 Å². The number of ether oxygens (including phenoxy) is 1. The van der Waals surface area contributed by atoms with Crippen LogP contribution in [0.4, 0.5) is 0 Å². The van der Waals surface area contributed by atoms with Crippen LogP contribution in [0.5, 0.6) is 0 Å². The third-order valence-electron chi connectivity index (χ3n) is 2.62. The molecule has 21 heavy (non-hydrogen) atoms. The van der Waals surface area contributed by atoms with Crippen molar-refractivity contribution >= 4 is 23.4 Å². The van der Waals surface area contributed by atoms with Gasteiger partial charge in [0.1, 0.15) is 0 Å². The number of amides is 2. The molecule has 0 aliphatic heterocycles. The number of benzene rings is 1. The number of hydrogen-bond acceptors (Lipinski definition) is 3. The highest BCUT2D eigenvalue weighted by Gasteiger charge is 2.10. The van der Waals surface area contributed by atoms with Crippen molar-refractivity contribution < 1.29 is 14.3 Å². The Bertz CT molecular complexity index is 478. The number of carbonyl (C=O) groups is 2. The number of hydrogen-bond donors (Lipinski definition) is 2. The molecule has 0 saturated heterocycles. The lowest BCUT2D eigenvalue weighted by atomic mass is 10.2. The normalized spacial score (nSPS) is 10.5. The molecule has 1 aromatic rings. The quantitative estimate of drug-likeness (QED) is 0.722. The molecule has 0 aliphatic carbocycles. The standard InChI is InChI=1S/C15H21ClN2O3/c1-11(2)21-9-5-8-17-14(19)10-18-15(20)12-6-3-4-7-13(12)16/h3-4,6-7,11H,5,8-10H2,1-2H3,(H,17,19)(H,18,20). The Hall–Kier alpha value is -1.59. The van der Waals surface area contributed by atoms with Crippen molar-refractivity contribution in [1.29, 1.82) is 0 Å². The number of nitrogens with one attached hydrogen (secondary N) is 2. The Labute approximate surface area is 130 Å². The fourth-order valence-corrected chi connectivity index (χ4v) is 1.80. The van der Waals surface area contributed by atoms with E-state index in [2.05, 4.69) is 10.6 Å². The zero-order chi connectivity index (χ0) is 15.7.